The van der Waals surface area contributed by atoms with Crippen LogP contribution in [0.2, 0.25) is 0 Å². The first kappa shape index (κ1) is 11.0. The molecule has 0 amide bonds. The van der Waals surface area contributed by atoms with Crippen molar-refractivity contribution in [3.05, 3.63) is 33.5 Å². The lowest BCUT2D eigenvalue weighted by Crippen LogP contribution is -2.04. The smallest absolute Gasteiger partial charge is 0.223 e. The fourth-order valence-electron chi connectivity index (χ4n) is 1.44. The van der Waals surface area contributed by atoms with Crippen molar-refractivity contribution < 1.29 is 0 Å². The fourth-order valence-corrected chi connectivity index (χ4v) is 2.17. The second-order valence-electron chi connectivity index (χ2n) is 3.69. The fraction of sp³-hybridized carbons (Fsp3) is 0.364. The zero-order valence-corrected chi connectivity index (χ0v) is 10.4. The maximum absolute atomic E-state index is 4.31. The predicted octanol–water partition coefficient (Wildman–Crippen LogP) is 2.47. The van der Waals surface area contributed by atoms with Gasteiger partial charge >= 0.3 is 0 Å². The van der Waals surface area contributed by atoms with E-state index >= 15 is 0 Å². The minimum Gasteiger partial charge on any atom is -0.348 e. The van der Waals surface area contributed by atoms with E-state index in [1.165, 1.54) is 4.88 Å². The molecule has 2 aromatic rings. The van der Waals surface area contributed by atoms with E-state index in [-0.39, 0.29) is 0 Å². The highest BCUT2D eigenvalue weighted by molar-refractivity contribution is 7.11. The molecule has 0 bridgehead atoms. The quantitative estimate of drug-likeness (QED) is 0.886. The second kappa shape index (κ2) is 4.57. The van der Waals surface area contributed by atoms with Gasteiger partial charge in [0.15, 0.2) is 0 Å². The first-order chi connectivity index (χ1) is 7.63. The highest BCUT2D eigenvalue weighted by Crippen LogP contribution is 2.12. The molecule has 0 aliphatic rings. The van der Waals surface area contributed by atoms with Crippen LogP contribution in [0, 0.1) is 20.8 Å². The molecule has 0 aliphatic carbocycles. The molecule has 0 radical (unpaired) electrons. The van der Waals surface area contributed by atoms with Crippen molar-refractivity contribution in [2.24, 2.45) is 0 Å². The summed E-state index contributed by atoms with van der Waals surface area (Å²) < 4.78 is 0. The van der Waals surface area contributed by atoms with Gasteiger partial charge in [-0.15, -0.1) is 11.3 Å². The molecule has 0 aromatic carbocycles. The van der Waals surface area contributed by atoms with E-state index in [9.17, 15) is 0 Å². The van der Waals surface area contributed by atoms with Crippen LogP contribution in [0.15, 0.2) is 12.3 Å². The van der Waals surface area contributed by atoms with Gasteiger partial charge in [0.1, 0.15) is 5.01 Å². The topological polar surface area (TPSA) is 50.7 Å². The predicted molar refractivity (Wildman–Crippen MR) is 65.7 cm³/mol. The summed E-state index contributed by atoms with van der Waals surface area (Å²) >= 11 is 1.69. The summed E-state index contributed by atoms with van der Waals surface area (Å²) in [5.74, 6) is 0.672. The van der Waals surface area contributed by atoms with Crippen LogP contribution in [0.25, 0.3) is 0 Å². The summed E-state index contributed by atoms with van der Waals surface area (Å²) in [6.45, 7) is 6.66. The Kier molecular flexibility index (Phi) is 3.14. The number of nitrogens with zero attached hydrogens (tertiary/aromatic N) is 3. The van der Waals surface area contributed by atoms with Crippen molar-refractivity contribution >= 4 is 17.3 Å². The number of thiazole rings is 1. The van der Waals surface area contributed by atoms with Gasteiger partial charge in [-0.2, -0.15) is 0 Å². The molecule has 5 heteroatoms. The average molecular weight is 234 g/mol. The summed E-state index contributed by atoms with van der Waals surface area (Å²) in [5, 5.41) is 4.24. The van der Waals surface area contributed by atoms with Crippen LogP contribution < -0.4 is 5.32 Å². The Morgan fingerprint density at radius 2 is 1.88 bits per heavy atom. The maximum atomic E-state index is 4.31. The number of rotatable bonds is 3. The van der Waals surface area contributed by atoms with Crippen LogP contribution in [0.1, 0.15) is 21.3 Å². The molecule has 0 saturated carbocycles. The molecule has 0 saturated heterocycles. The van der Waals surface area contributed by atoms with Gasteiger partial charge in [-0.05, 0) is 26.8 Å². The van der Waals surface area contributed by atoms with Gasteiger partial charge in [-0.1, -0.05) is 0 Å². The first-order valence-electron chi connectivity index (χ1n) is 5.11. The first-order valence-corrected chi connectivity index (χ1v) is 5.92. The number of nitrogens with one attached hydrogen (secondary N) is 1. The Bertz CT molecular complexity index is 472. The molecule has 0 fully saturated rings. The van der Waals surface area contributed by atoms with E-state index in [0.717, 1.165) is 16.4 Å². The van der Waals surface area contributed by atoms with Gasteiger partial charge in [0.05, 0.1) is 6.54 Å². The SMILES string of the molecule is Cc1cc(C)nc(NCc2ncc(C)s2)n1. The van der Waals surface area contributed by atoms with Crippen LogP contribution in [0.5, 0.6) is 0 Å². The maximum Gasteiger partial charge on any atom is 0.223 e. The number of hydrogen-bond donors (Lipinski definition) is 1. The van der Waals surface area contributed by atoms with Crippen molar-refractivity contribution in [2.45, 2.75) is 27.3 Å². The number of aromatic nitrogens is 3. The third kappa shape index (κ3) is 2.76. The molecule has 2 rings (SSSR count). The van der Waals surface area contributed by atoms with Crippen LogP contribution in [0.3, 0.4) is 0 Å². The third-order valence-electron chi connectivity index (χ3n) is 2.05. The second-order valence-corrected chi connectivity index (χ2v) is 5.01. The Labute approximate surface area is 98.8 Å². The monoisotopic (exact) mass is 234 g/mol. The van der Waals surface area contributed by atoms with Crippen molar-refractivity contribution in [2.75, 3.05) is 5.32 Å². The lowest BCUT2D eigenvalue weighted by atomic mass is 10.4. The van der Waals surface area contributed by atoms with Crippen molar-refractivity contribution in [3.8, 4) is 0 Å². The van der Waals surface area contributed by atoms with E-state index in [1.807, 2.05) is 26.1 Å². The molecular formula is C11H14N4S. The van der Waals surface area contributed by atoms with Gasteiger partial charge < -0.3 is 5.32 Å². The summed E-state index contributed by atoms with van der Waals surface area (Å²) in [7, 11) is 0. The molecule has 2 aromatic heterocycles. The zero-order chi connectivity index (χ0) is 11.5. The van der Waals surface area contributed by atoms with E-state index in [4.69, 9.17) is 0 Å². The van der Waals surface area contributed by atoms with E-state index < -0.39 is 0 Å². The van der Waals surface area contributed by atoms with Crippen molar-refractivity contribution in [1.82, 2.24) is 15.0 Å². The molecule has 4 nitrogen and oxygen atoms in total. The minimum atomic E-state index is 0.672. The lowest BCUT2D eigenvalue weighted by Gasteiger charge is -2.04. The van der Waals surface area contributed by atoms with Crippen LogP contribution in [-0.2, 0) is 6.54 Å². The van der Waals surface area contributed by atoms with Gasteiger partial charge in [0, 0.05) is 22.5 Å². The third-order valence-corrected chi connectivity index (χ3v) is 2.96. The molecule has 16 heavy (non-hydrogen) atoms. The highest BCUT2D eigenvalue weighted by Gasteiger charge is 2.01. The van der Waals surface area contributed by atoms with Gasteiger partial charge in [-0.3, -0.25) is 0 Å². The van der Waals surface area contributed by atoms with Crippen LogP contribution >= 0.6 is 11.3 Å². The zero-order valence-electron chi connectivity index (χ0n) is 9.61. The van der Waals surface area contributed by atoms with E-state index in [0.29, 0.717) is 12.5 Å². The van der Waals surface area contributed by atoms with Crippen molar-refractivity contribution in [3.63, 3.8) is 0 Å². The largest absolute Gasteiger partial charge is 0.348 e. The Morgan fingerprint density at radius 3 is 2.44 bits per heavy atom. The summed E-state index contributed by atoms with van der Waals surface area (Å²) in [4.78, 5) is 14.1. The van der Waals surface area contributed by atoms with Gasteiger partial charge in [-0.25, -0.2) is 15.0 Å². The van der Waals surface area contributed by atoms with Gasteiger partial charge in [0.2, 0.25) is 5.95 Å². The summed E-state index contributed by atoms with van der Waals surface area (Å²) in [5.41, 5.74) is 1.95. The Morgan fingerprint density at radius 1 is 1.19 bits per heavy atom. The molecule has 0 unspecified atom stereocenters. The molecular weight excluding hydrogens is 220 g/mol. The number of hydrogen-bond acceptors (Lipinski definition) is 5. The molecule has 84 valence electrons. The van der Waals surface area contributed by atoms with Crippen LogP contribution in [-0.4, -0.2) is 15.0 Å². The van der Waals surface area contributed by atoms with Crippen LogP contribution in [0.4, 0.5) is 5.95 Å². The standard InChI is InChI=1S/C11H14N4S/c1-7-4-8(2)15-11(14-7)13-6-10-12-5-9(3)16-10/h4-5H,6H2,1-3H3,(H,13,14,15). The average Bonchev–Trinajstić information content (AvgIpc) is 2.60. The number of aryl methyl sites for hydroxylation is 3. The Balaban J connectivity index is 2.04. The van der Waals surface area contributed by atoms with Gasteiger partial charge in [0.25, 0.3) is 0 Å². The summed E-state index contributed by atoms with van der Waals surface area (Å²) in [6, 6.07) is 1.96. The molecule has 0 atom stereocenters. The van der Waals surface area contributed by atoms with E-state index in [2.05, 4.69) is 27.2 Å². The highest BCUT2D eigenvalue weighted by atomic mass is 32.1. The lowest BCUT2D eigenvalue weighted by molar-refractivity contribution is 0.994. The normalized spacial score (nSPS) is 10.4. The summed E-state index contributed by atoms with van der Waals surface area (Å²) in [6.07, 6.45) is 1.88. The van der Waals surface area contributed by atoms with E-state index in [1.54, 1.807) is 11.3 Å². The Hall–Kier alpha value is -1.49. The molecule has 2 heterocycles. The minimum absolute atomic E-state index is 0.672. The molecule has 0 aliphatic heterocycles. The number of anilines is 1. The van der Waals surface area contributed by atoms with Crippen molar-refractivity contribution in [1.29, 1.82) is 0 Å². The molecule has 1 N–H and O–H groups in total. The molecule has 0 spiro atoms.